The van der Waals surface area contributed by atoms with Crippen molar-refractivity contribution in [3.05, 3.63) is 65.2 Å². The van der Waals surface area contributed by atoms with Gasteiger partial charge in [0.25, 0.3) is 11.7 Å². The topological polar surface area (TPSA) is 66.6 Å². The molecule has 0 bridgehead atoms. The van der Waals surface area contributed by atoms with Crippen LogP contribution in [-0.4, -0.2) is 56.6 Å². The summed E-state index contributed by atoms with van der Waals surface area (Å²) in [6.45, 7) is 4.92. The summed E-state index contributed by atoms with van der Waals surface area (Å²) >= 11 is 1.67. The van der Waals surface area contributed by atoms with Crippen LogP contribution in [0.1, 0.15) is 42.1 Å². The van der Waals surface area contributed by atoms with Gasteiger partial charge < -0.3 is 9.80 Å². The number of rotatable bonds is 7. The Morgan fingerprint density at radius 1 is 1.03 bits per heavy atom. The number of hydrogen-bond donors (Lipinski definition) is 0. The number of carbonyl (C=O) groups is 1. The summed E-state index contributed by atoms with van der Waals surface area (Å²) in [7, 11) is 0. The van der Waals surface area contributed by atoms with Crippen LogP contribution >= 0.6 is 11.3 Å². The first kappa shape index (κ1) is 21.6. The molecule has 0 saturated carbocycles. The summed E-state index contributed by atoms with van der Waals surface area (Å²) in [6, 6.07) is 14.2. The molecule has 33 heavy (non-hydrogen) atoms. The largest absolute Gasteiger partial charge is 0.336 e. The molecule has 1 amide bonds. The predicted molar refractivity (Wildman–Crippen MR) is 132 cm³/mol. The van der Waals surface area contributed by atoms with E-state index in [4.69, 9.17) is 5.10 Å². The Morgan fingerprint density at radius 2 is 1.85 bits per heavy atom. The Morgan fingerprint density at radius 3 is 2.58 bits per heavy atom. The summed E-state index contributed by atoms with van der Waals surface area (Å²) in [5.74, 6) is 1.35. The van der Waals surface area contributed by atoms with Gasteiger partial charge in [0.15, 0.2) is 0 Å². The van der Waals surface area contributed by atoms with E-state index in [-0.39, 0.29) is 5.91 Å². The van der Waals surface area contributed by atoms with Crippen LogP contribution in [0.4, 0.5) is 5.95 Å². The molecule has 1 fully saturated rings. The van der Waals surface area contributed by atoms with Crippen LogP contribution in [-0.2, 0) is 6.42 Å². The molecule has 1 aliphatic heterocycles. The molecule has 4 heterocycles. The molecule has 0 radical (unpaired) electrons. The molecule has 170 valence electrons. The van der Waals surface area contributed by atoms with E-state index in [2.05, 4.69) is 45.4 Å². The Balaban J connectivity index is 1.23. The predicted octanol–water partition coefficient (Wildman–Crippen LogP) is 4.55. The van der Waals surface area contributed by atoms with Crippen LogP contribution in [0.3, 0.4) is 0 Å². The molecule has 1 aromatic carbocycles. The van der Waals surface area contributed by atoms with E-state index in [1.54, 1.807) is 22.0 Å². The highest BCUT2D eigenvalue weighted by Crippen LogP contribution is 2.25. The summed E-state index contributed by atoms with van der Waals surface area (Å²) in [4.78, 5) is 27.2. The van der Waals surface area contributed by atoms with E-state index >= 15 is 0 Å². The van der Waals surface area contributed by atoms with Gasteiger partial charge in [-0.15, -0.1) is 16.4 Å². The van der Waals surface area contributed by atoms with Crippen molar-refractivity contribution in [1.29, 1.82) is 0 Å². The summed E-state index contributed by atoms with van der Waals surface area (Å²) < 4.78 is 1.81. The van der Waals surface area contributed by atoms with Crippen LogP contribution in [0.5, 0.6) is 0 Å². The first-order chi connectivity index (χ1) is 16.2. The van der Waals surface area contributed by atoms with Crippen molar-refractivity contribution in [2.75, 3.05) is 31.1 Å². The fourth-order valence-corrected chi connectivity index (χ4v) is 4.95. The number of aryl methyl sites for hydroxylation is 1. The van der Waals surface area contributed by atoms with Gasteiger partial charge in [0.2, 0.25) is 5.95 Å². The zero-order valence-electron chi connectivity index (χ0n) is 18.9. The van der Waals surface area contributed by atoms with E-state index in [9.17, 15) is 4.79 Å². The van der Waals surface area contributed by atoms with Crippen molar-refractivity contribution in [3.63, 3.8) is 0 Å². The highest BCUT2D eigenvalue weighted by atomic mass is 32.1. The summed E-state index contributed by atoms with van der Waals surface area (Å²) in [5, 5.41) is 6.78. The van der Waals surface area contributed by atoms with Crippen LogP contribution in [0.2, 0.25) is 0 Å². The highest BCUT2D eigenvalue weighted by molar-refractivity contribution is 7.13. The highest BCUT2D eigenvalue weighted by Gasteiger charge is 2.25. The molecule has 0 aliphatic carbocycles. The van der Waals surface area contributed by atoms with Gasteiger partial charge >= 0.3 is 0 Å². The fraction of sp³-hybridized carbons (Fsp3) is 0.360. The summed E-state index contributed by atoms with van der Waals surface area (Å²) in [5.41, 5.74) is 3.05. The number of hydrogen-bond acceptors (Lipinski definition) is 6. The van der Waals surface area contributed by atoms with E-state index in [1.165, 1.54) is 24.8 Å². The third kappa shape index (κ3) is 4.61. The second kappa shape index (κ2) is 9.70. The van der Waals surface area contributed by atoms with Crippen LogP contribution in [0.25, 0.3) is 16.3 Å². The molecule has 1 saturated heterocycles. The minimum atomic E-state index is 0.0966. The molecular formula is C25H28N6OS. The molecule has 8 heteroatoms. The van der Waals surface area contributed by atoms with Gasteiger partial charge in [0, 0.05) is 37.9 Å². The fourth-order valence-electron chi connectivity index (χ4n) is 4.21. The minimum absolute atomic E-state index is 0.0966. The Labute approximate surface area is 197 Å². The lowest BCUT2D eigenvalue weighted by molar-refractivity contribution is 0.0746. The van der Waals surface area contributed by atoms with Gasteiger partial charge in [0.05, 0.1) is 10.6 Å². The minimum Gasteiger partial charge on any atom is -0.336 e. The van der Waals surface area contributed by atoms with E-state index < -0.39 is 0 Å². The van der Waals surface area contributed by atoms with Gasteiger partial charge in [-0.3, -0.25) is 4.79 Å². The maximum absolute atomic E-state index is 13.0. The zero-order chi connectivity index (χ0) is 22.6. The van der Waals surface area contributed by atoms with Gasteiger partial charge in [-0.25, -0.2) is 4.98 Å². The maximum atomic E-state index is 13.0. The molecule has 5 rings (SSSR count). The molecule has 7 nitrogen and oxygen atoms in total. The second-order valence-corrected chi connectivity index (χ2v) is 9.31. The standard InChI is InChI=1S/C25H28N6OS/c1-2-3-4-6-19-8-10-20(11-9-19)23(32)29-14-16-30(17-15-29)25-27-24-26-13-12-21(31(24)28-25)22-7-5-18-33-22/h5,7-13,18H,2-4,6,14-17H2,1H3. The number of benzene rings is 1. The number of unbranched alkanes of at least 4 members (excludes halogenated alkanes) is 2. The summed E-state index contributed by atoms with van der Waals surface area (Å²) in [6.07, 6.45) is 6.52. The smallest absolute Gasteiger partial charge is 0.254 e. The molecule has 4 aromatic rings. The number of nitrogens with zero attached hydrogens (tertiary/aromatic N) is 6. The monoisotopic (exact) mass is 460 g/mol. The molecule has 0 spiro atoms. The van der Waals surface area contributed by atoms with Crippen LogP contribution in [0, 0.1) is 0 Å². The van der Waals surface area contributed by atoms with Gasteiger partial charge in [-0.1, -0.05) is 38.0 Å². The van der Waals surface area contributed by atoms with Crippen molar-refractivity contribution < 1.29 is 4.79 Å². The van der Waals surface area contributed by atoms with Gasteiger partial charge in [-0.05, 0) is 48.1 Å². The third-order valence-corrected chi connectivity index (χ3v) is 7.02. The van der Waals surface area contributed by atoms with Crippen molar-refractivity contribution >= 4 is 29.0 Å². The van der Waals surface area contributed by atoms with E-state index in [0.29, 0.717) is 37.9 Å². The number of amides is 1. The van der Waals surface area contributed by atoms with E-state index in [0.717, 1.165) is 22.6 Å². The molecular weight excluding hydrogens is 432 g/mol. The SMILES string of the molecule is CCCCCc1ccc(C(=O)N2CCN(c3nc4nccc(-c5cccs5)n4n3)CC2)cc1. The number of thiophene rings is 1. The molecule has 0 N–H and O–H groups in total. The van der Waals surface area contributed by atoms with Crippen LogP contribution in [0.15, 0.2) is 54.0 Å². The quantitative estimate of drug-likeness (QED) is 0.379. The number of aromatic nitrogens is 4. The molecule has 0 atom stereocenters. The van der Waals surface area contributed by atoms with Crippen molar-refractivity contribution in [3.8, 4) is 10.6 Å². The Bertz CT molecular complexity index is 1210. The van der Waals surface area contributed by atoms with Gasteiger partial charge in [-0.2, -0.15) is 9.50 Å². The average Bonchev–Trinajstić information content (AvgIpc) is 3.54. The van der Waals surface area contributed by atoms with E-state index in [1.807, 2.05) is 29.2 Å². The van der Waals surface area contributed by atoms with Crippen molar-refractivity contribution in [2.45, 2.75) is 32.6 Å². The first-order valence-electron chi connectivity index (χ1n) is 11.6. The first-order valence-corrected chi connectivity index (χ1v) is 12.5. The Kier molecular flexibility index (Phi) is 6.35. The van der Waals surface area contributed by atoms with Crippen LogP contribution < -0.4 is 4.90 Å². The maximum Gasteiger partial charge on any atom is 0.254 e. The molecule has 1 aliphatic rings. The number of carbonyl (C=O) groups excluding carboxylic acids is 1. The number of anilines is 1. The molecule has 3 aromatic heterocycles. The second-order valence-electron chi connectivity index (χ2n) is 8.36. The lowest BCUT2D eigenvalue weighted by Gasteiger charge is -2.34. The lowest BCUT2D eigenvalue weighted by Crippen LogP contribution is -2.49. The van der Waals surface area contributed by atoms with Gasteiger partial charge in [0.1, 0.15) is 0 Å². The van der Waals surface area contributed by atoms with Crippen molar-refractivity contribution in [1.82, 2.24) is 24.5 Å². The average molecular weight is 461 g/mol. The number of piperazine rings is 1. The third-order valence-electron chi connectivity index (χ3n) is 6.12. The van der Waals surface area contributed by atoms with Crippen molar-refractivity contribution in [2.24, 2.45) is 0 Å². The number of fused-ring (bicyclic) bond motifs is 1. The lowest BCUT2D eigenvalue weighted by atomic mass is 10.0. The normalized spacial score (nSPS) is 14.2. The molecule has 0 unspecified atom stereocenters. The zero-order valence-corrected chi connectivity index (χ0v) is 19.7. The Hall–Kier alpha value is -3.26.